The van der Waals surface area contributed by atoms with Crippen molar-refractivity contribution in [3.8, 4) is 5.75 Å². The number of pyridine rings is 1. The zero-order valence-corrected chi connectivity index (χ0v) is 20.1. The fraction of sp³-hybridized carbons (Fsp3) is 0.259. The molecule has 0 saturated carbocycles. The van der Waals surface area contributed by atoms with Gasteiger partial charge in [0.2, 0.25) is 5.91 Å². The van der Waals surface area contributed by atoms with Gasteiger partial charge in [0, 0.05) is 50.8 Å². The number of nitrogens with zero attached hydrogens (tertiary/aromatic N) is 5. The zero-order valence-electron chi connectivity index (χ0n) is 20.1. The van der Waals surface area contributed by atoms with Gasteiger partial charge in [-0.25, -0.2) is 4.98 Å². The molecule has 1 fully saturated rings. The number of anilines is 1. The average molecular weight is 485 g/mol. The van der Waals surface area contributed by atoms with E-state index in [4.69, 9.17) is 4.74 Å². The lowest BCUT2D eigenvalue weighted by atomic mass is 10.2. The second-order valence-electron chi connectivity index (χ2n) is 8.61. The van der Waals surface area contributed by atoms with Crippen LogP contribution in [-0.4, -0.2) is 71.1 Å². The number of carbonyl (C=O) groups excluding carboxylic acids is 2. The number of methoxy groups -OCH3 is 1. The van der Waals surface area contributed by atoms with Gasteiger partial charge < -0.3 is 24.4 Å². The Balaban J connectivity index is 1.24. The standard InChI is InChI=1S/C27H28N6O3/c1-36-22-8-6-20(7-9-22)19-33-24-5-3-2-4-23(24)30-26(33)27(35)29-18-25(34)32-16-14-31(15-17-32)21-10-12-28-13-11-21/h2-13H,14-19H2,1H3,(H,29,35). The highest BCUT2D eigenvalue weighted by atomic mass is 16.5. The van der Waals surface area contributed by atoms with Crippen LogP contribution in [0.2, 0.25) is 0 Å². The number of carbonyl (C=O) groups is 2. The van der Waals surface area contributed by atoms with Crippen LogP contribution in [0.25, 0.3) is 11.0 Å². The maximum atomic E-state index is 13.2. The summed E-state index contributed by atoms with van der Waals surface area (Å²) < 4.78 is 7.12. The van der Waals surface area contributed by atoms with Crippen molar-refractivity contribution in [2.45, 2.75) is 6.54 Å². The second-order valence-corrected chi connectivity index (χ2v) is 8.61. The van der Waals surface area contributed by atoms with Gasteiger partial charge in [-0.2, -0.15) is 0 Å². The third-order valence-corrected chi connectivity index (χ3v) is 6.42. The molecule has 2 aromatic heterocycles. The van der Waals surface area contributed by atoms with Gasteiger partial charge in [-0.1, -0.05) is 24.3 Å². The Labute approximate surface area is 209 Å². The first-order valence-electron chi connectivity index (χ1n) is 11.9. The first kappa shape index (κ1) is 23.3. The van der Waals surface area contributed by atoms with Gasteiger partial charge in [0.05, 0.1) is 24.7 Å². The molecular formula is C27H28N6O3. The van der Waals surface area contributed by atoms with E-state index in [0.29, 0.717) is 19.6 Å². The quantitative estimate of drug-likeness (QED) is 0.434. The number of aromatic nitrogens is 3. The normalized spacial score (nSPS) is 13.6. The van der Waals surface area contributed by atoms with Crippen molar-refractivity contribution in [3.63, 3.8) is 0 Å². The minimum Gasteiger partial charge on any atom is -0.497 e. The summed E-state index contributed by atoms with van der Waals surface area (Å²) in [7, 11) is 1.63. The van der Waals surface area contributed by atoms with Crippen molar-refractivity contribution in [2.24, 2.45) is 0 Å². The van der Waals surface area contributed by atoms with E-state index in [-0.39, 0.29) is 24.2 Å². The van der Waals surface area contributed by atoms with Gasteiger partial charge in [-0.05, 0) is 42.0 Å². The summed E-state index contributed by atoms with van der Waals surface area (Å²) in [6.07, 6.45) is 3.54. The number of hydrogen-bond acceptors (Lipinski definition) is 6. The molecule has 2 amide bonds. The number of piperazine rings is 1. The highest BCUT2D eigenvalue weighted by molar-refractivity contribution is 5.96. The van der Waals surface area contributed by atoms with E-state index in [0.717, 1.165) is 41.1 Å². The smallest absolute Gasteiger partial charge is 0.287 e. The molecular weight excluding hydrogens is 456 g/mol. The minimum atomic E-state index is -0.372. The predicted octanol–water partition coefficient (Wildman–Crippen LogP) is 2.57. The molecule has 1 aliphatic rings. The molecule has 4 aromatic rings. The van der Waals surface area contributed by atoms with Crippen LogP contribution >= 0.6 is 0 Å². The maximum Gasteiger partial charge on any atom is 0.287 e. The monoisotopic (exact) mass is 484 g/mol. The van der Waals surface area contributed by atoms with Gasteiger partial charge in [0.15, 0.2) is 5.82 Å². The number of fused-ring (bicyclic) bond motifs is 1. The summed E-state index contributed by atoms with van der Waals surface area (Å²) in [6, 6.07) is 19.3. The molecule has 1 N–H and O–H groups in total. The Morgan fingerprint density at radius 1 is 0.944 bits per heavy atom. The van der Waals surface area contributed by atoms with Crippen LogP contribution in [-0.2, 0) is 11.3 Å². The van der Waals surface area contributed by atoms with Crippen LogP contribution in [0.15, 0.2) is 73.1 Å². The Morgan fingerprint density at radius 2 is 1.67 bits per heavy atom. The van der Waals surface area contributed by atoms with E-state index in [9.17, 15) is 9.59 Å². The SMILES string of the molecule is COc1ccc(Cn2c(C(=O)NCC(=O)N3CCN(c4ccncc4)CC3)nc3ccccc32)cc1. The third-order valence-electron chi connectivity index (χ3n) is 6.42. The van der Waals surface area contributed by atoms with E-state index in [1.54, 1.807) is 24.4 Å². The number of rotatable bonds is 7. The highest BCUT2D eigenvalue weighted by Crippen LogP contribution is 2.20. The van der Waals surface area contributed by atoms with Crippen molar-refractivity contribution in [2.75, 3.05) is 44.7 Å². The summed E-state index contributed by atoms with van der Waals surface area (Å²) in [4.78, 5) is 38.6. The van der Waals surface area contributed by atoms with Crippen molar-refractivity contribution >= 4 is 28.5 Å². The van der Waals surface area contributed by atoms with Gasteiger partial charge in [0.1, 0.15) is 5.75 Å². The number of ether oxygens (including phenoxy) is 1. The van der Waals surface area contributed by atoms with E-state index in [1.807, 2.05) is 65.2 Å². The average Bonchev–Trinajstić information content (AvgIpc) is 3.31. The van der Waals surface area contributed by atoms with Gasteiger partial charge >= 0.3 is 0 Å². The van der Waals surface area contributed by atoms with Crippen molar-refractivity contribution in [1.29, 1.82) is 0 Å². The molecule has 2 aromatic carbocycles. The summed E-state index contributed by atoms with van der Waals surface area (Å²) in [5.41, 5.74) is 3.70. The minimum absolute atomic E-state index is 0.0696. The van der Waals surface area contributed by atoms with Crippen LogP contribution in [0.4, 0.5) is 5.69 Å². The van der Waals surface area contributed by atoms with Crippen LogP contribution in [0.5, 0.6) is 5.75 Å². The van der Waals surface area contributed by atoms with Crippen LogP contribution in [0, 0.1) is 0 Å². The summed E-state index contributed by atoms with van der Waals surface area (Å²) in [5.74, 6) is 0.577. The maximum absolute atomic E-state index is 13.2. The number of hydrogen-bond donors (Lipinski definition) is 1. The zero-order chi connectivity index (χ0) is 24.9. The van der Waals surface area contributed by atoms with Crippen LogP contribution in [0.3, 0.4) is 0 Å². The molecule has 1 aliphatic heterocycles. The van der Waals surface area contributed by atoms with E-state index >= 15 is 0 Å². The molecule has 9 nitrogen and oxygen atoms in total. The molecule has 36 heavy (non-hydrogen) atoms. The summed E-state index contributed by atoms with van der Waals surface area (Å²) in [6.45, 7) is 3.08. The first-order valence-corrected chi connectivity index (χ1v) is 11.9. The van der Waals surface area contributed by atoms with E-state index in [2.05, 4.69) is 20.2 Å². The lowest BCUT2D eigenvalue weighted by molar-refractivity contribution is -0.130. The van der Waals surface area contributed by atoms with Crippen molar-refractivity contribution in [1.82, 2.24) is 24.8 Å². The molecule has 0 spiro atoms. The lowest BCUT2D eigenvalue weighted by Gasteiger charge is -2.36. The molecule has 0 atom stereocenters. The number of imidazole rings is 1. The van der Waals surface area contributed by atoms with Crippen molar-refractivity contribution < 1.29 is 14.3 Å². The van der Waals surface area contributed by atoms with Crippen LogP contribution < -0.4 is 15.0 Å². The van der Waals surface area contributed by atoms with E-state index < -0.39 is 0 Å². The Hall–Kier alpha value is -4.40. The summed E-state index contributed by atoms with van der Waals surface area (Å²) >= 11 is 0. The number of amides is 2. The molecule has 0 aliphatic carbocycles. The highest BCUT2D eigenvalue weighted by Gasteiger charge is 2.23. The Kier molecular flexibility index (Phi) is 6.79. The lowest BCUT2D eigenvalue weighted by Crippen LogP contribution is -2.51. The number of para-hydroxylation sites is 2. The number of benzene rings is 2. The largest absolute Gasteiger partial charge is 0.497 e. The fourth-order valence-corrected chi connectivity index (χ4v) is 4.44. The van der Waals surface area contributed by atoms with Crippen molar-refractivity contribution in [3.05, 3.63) is 84.4 Å². The van der Waals surface area contributed by atoms with E-state index in [1.165, 1.54) is 0 Å². The van der Waals surface area contributed by atoms with Crippen LogP contribution in [0.1, 0.15) is 16.2 Å². The molecule has 0 unspecified atom stereocenters. The summed E-state index contributed by atoms with van der Waals surface area (Å²) in [5, 5.41) is 2.79. The molecule has 0 bridgehead atoms. The molecule has 9 heteroatoms. The third kappa shape index (κ3) is 5.00. The number of nitrogens with one attached hydrogen (secondary N) is 1. The Bertz CT molecular complexity index is 1350. The topological polar surface area (TPSA) is 92.6 Å². The van der Waals surface area contributed by atoms with Gasteiger partial charge in [-0.3, -0.25) is 14.6 Å². The molecule has 0 radical (unpaired) electrons. The molecule has 5 rings (SSSR count). The molecule has 3 heterocycles. The van der Waals surface area contributed by atoms with Gasteiger partial charge in [-0.15, -0.1) is 0 Å². The molecule has 184 valence electrons. The second kappa shape index (κ2) is 10.5. The van der Waals surface area contributed by atoms with Gasteiger partial charge in [0.25, 0.3) is 5.91 Å². The fourth-order valence-electron chi connectivity index (χ4n) is 4.44. The predicted molar refractivity (Wildman–Crippen MR) is 137 cm³/mol. The first-order chi connectivity index (χ1) is 17.6. The molecule has 1 saturated heterocycles. The Morgan fingerprint density at radius 3 is 2.39 bits per heavy atom.